The van der Waals surface area contributed by atoms with Crippen molar-refractivity contribution >= 4 is 5.82 Å². The molecule has 1 N–H and O–H groups in total. The van der Waals surface area contributed by atoms with Gasteiger partial charge in [-0.3, -0.25) is 4.98 Å². The van der Waals surface area contributed by atoms with Crippen LogP contribution in [0.5, 0.6) is 0 Å². The van der Waals surface area contributed by atoms with E-state index in [-0.39, 0.29) is 6.29 Å². The third-order valence-corrected chi connectivity index (χ3v) is 2.17. The van der Waals surface area contributed by atoms with Crippen molar-refractivity contribution in [1.29, 1.82) is 0 Å². The van der Waals surface area contributed by atoms with Crippen molar-refractivity contribution in [3.05, 3.63) is 17.6 Å². The summed E-state index contributed by atoms with van der Waals surface area (Å²) in [6, 6.07) is 0. The molecule has 0 atom stereocenters. The first-order chi connectivity index (χ1) is 7.17. The normalized spacial score (nSPS) is 10.7. The van der Waals surface area contributed by atoms with Crippen LogP contribution in [0.4, 0.5) is 5.82 Å². The van der Waals surface area contributed by atoms with Crippen LogP contribution in [-0.4, -0.2) is 37.0 Å². The average Bonchev–Trinajstić information content (AvgIpc) is 2.24. The van der Waals surface area contributed by atoms with Gasteiger partial charge in [0, 0.05) is 14.2 Å². The molecule has 0 saturated carbocycles. The number of anilines is 1. The molecule has 0 amide bonds. The zero-order valence-corrected chi connectivity index (χ0v) is 9.57. The fraction of sp³-hybridized carbons (Fsp3) is 0.600. The Morgan fingerprint density at radius 3 is 2.47 bits per heavy atom. The van der Waals surface area contributed by atoms with Crippen molar-refractivity contribution in [1.82, 2.24) is 9.97 Å². The topological polar surface area (TPSA) is 56.3 Å². The van der Waals surface area contributed by atoms with E-state index in [4.69, 9.17) is 9.47 Å². The monoisotopic (exact) mass is 211 g/mol. The number of hydrogen-bond donors (Lipinski definition) is 1. The third-order valence-electron chi connectivity index (χ3n) is 2.17. The first kappa shape index (κ1) is 11.9. The van der Waals surface area contributed by atoms with Crippen molar-refractivity contribution in [2.24, 2.45) is 0 Å². The van der Waals surface area contributed by atoms with E-state index in [2.05, 4.69) is 15.3 Å². The fourth-order valence-electron chi connectivity index (χ4n) is 1.08. The fourth-order valence-corrected chi connectivity index (χ4v) is 1.08. The highest BCUT2D eigenvalue weighted by Crippen LogP contribution is 2.05. The molecule has 0 unspecified atom stereocenters. The molecule has 1 aromatic heterocycles. The van der Waals surface area contributed by atoms with Gasteiger partial charge in [0.2, 0.25) is 0 Å². The van der Waals surface area contributed by atoms with Crippen LogP contribution in [0.25, 0.3) is 0 Å². The molecule has 0 fully saturated rings. The Hall–Kier alpha value is -1.20. The standard InChI is InChI=1S/C10H17N3O2/c1-7-8(2)13-9(5-11-7)12-6-10(14-3)15-4/h5,10H,6H2,1-4H3,(H,12,13). The van der Waals surface area contributed by atoms with E-state index in [1.165, 1.54) is 0 Å². The highest BCUT2D eigenvalue weighted by molar-refractivity contribution is 5.33. The van der Waals surface area contributed by atoms with Crippen molar-refractivity contribution in [3.8, 4) is 0 Å². The first-order valence-corrected chi connectivity index (χ1v) is 4.77. The van der Waals surface area contributed by atoms with Crippen molar-refractivity contribution < 1.29 is 9.47 Å². The van der Waals surface area contributed by atoms with Gasteiger partial charge in [0.15, 0.2) is 6.29 Å². The van der Waals surface area contributed by atoms with Crippen LogP contribution < -0.4 is 5.32 Å². The van der Waals surface area contributed by atoms with Gasteiger partial charge in [0.05, 0.1) is 24.1 Å². The summed E-state index contributed by atoms with van der Waals surface area (Å²) in [5.74, 6) is 0.734. The lowest BCUT2D eigenvalue weighted by Crippen LogP contribution is -2.24. The minimum absolute atomic E-state index is 0.270. The number of nitrogens with one attached hydrogen (secondary N) is 1. The van der Waals surface area contributed by atoms with Crippen LogP contribution in [0.1, 0.15) is 11.4 Å². The van der Waals surface area contributed by atoms with E-state index in [1.807, 2.05) is 13.8 Å². The lowest BCUT2D eigenvalue weighted by Gasteiger charge is -2.14. The zero-order valence-electron chi connectivity index (χ0n) is 9.57. The van der Waals surface area contributed by atoms with Crippen LogP contribution in [0.2, 0.25) is 0 Å². The summed E-state index contributed by atoms with van der Waals surface area (Å²) in [5, 5.41) is 3.09. The second kappa shape index (κ2) is 5.63. The maximum absolute atomic E-state index is 5.04. The molecule has 15 heavy (non-hydrogen) atoms. The number of aromatic nitrogens is 2. The Balaban J connectivity index is 2.54. The molecular formula is C10H17N3O2. The molecule has 0 aliphatic rings. The highest BCUT2D eigenvalue weighted by Gasteiger charge is 2.05. The molecule has 0 aliphatic carbocycles. The lowest BCUT2D eigenvalue weighted by atomic mass is 10.3. The maximum atomic E-state index is 5.04. The van der Waals surface area contributed by atoms with Crippen molar-refractivity contribution in [2.45, 2.75) is 20.1 Å². The second-order valence-corrected chi connectivity index (χ2v) is 3.21. The third kappa shape index (κ3) is 3.45. The van der Waals surface area contributed by atoms with Gasteiger partial charge in [-0.15, -0.1) is 0 Å². The quantitative estimate of drug-likeness (QED) is 0.740. The molecule has 0 saturated heterocycles. The van der Waals surface area contributed by atoms with Gasteiger partial charge < -0.3 is 14.8 Å². The number of hydrogen-bond acceptors (Lipinski definition) is 5. The minimum atomic E-state index is -0.270. The van der Waals surface area contributed by atoms with Crippen LogP contribution >= 0.6 is 0 Å². The van der Waals surface area contributed by atoms with Crippen LogP contribution in [-0.2, 0) is 9.47 Å². The molecule has 84 valence electrons. The molecule has 0 radical (unpaired) electrons. The molecule has 1 aromatic rings. The predicted octanol–water partition coefficient (Wildman–Crippen LogP) is 1.12. The van der Waals surface area contributed by atoms with E-state index in [0.29, 0.717) is 6.54 Å². The van der Waals surface area contributed by atoms with Gasteiger partial charge in [-0.05, 0) is 13.8 Å². The Morgan fingerprint density at radius 2 is 1.93 bits per heavy atom. The molecule has 0 bridgehead atoms. The van der Waals surface area contributed by atoms with E-state index < -0.39 is 0 Å². The summed E-state index contributed by atoms with van der Waals surface area (Å²) < 4.78 is 10.1. The first-order valence-electron chi connectivity index (χ1n) is 4.77. The molecule has 0 aromatic carbocycles. The van der Waals surface area contributed by atoms with Gasteiger partial charge in [0.25, 0.3) is 0 Å². The molecule has 0 aliphatic heterocycles. The number of nitrogens with zero attached hydrogens (tertiary/aromatic N) is 2. The van der Waals surface area contributed by atoms with Crippen LogP contribution in [0.3, 0.4) is 0 Å². The SMILES string of the molecule is COC(CNc1cnc(C)c(C)n1)OC. The zero-order chi connectivity index (χ0) is 11.3. The van der Waals surface area contributed by atoms with E-state index in [0.717, 1.165) is 17.2 Å². The predicted molar refractivity (Wildman–Crippen MR) is 57.8 cm³/mol. The van der Waals surface area contributed by atoms with Crippen molar-refractivity contribution in [2.75, 3.05) is 26.1 Å². The van der Waals surface area contributed by atoms with Gasteiger partial charge in [-0.1, -0.05) is 0 Å². The maximum Gasteiger partial charge on any atom is 0.173 e. The Morgan fingerprint density at radius 1 is 1.27 bits per heavy atom. The Bertz CT molecular complexity index is 314. The summed E-state index contributed by atoms with van der Waals surface area (Å²) in [6.45, 7) is 4.40. The summed E-state index contributed by atoms with van der Waals surface area (Å²) in [5.41, 5.74) is 1.86. The molecule has 1 heterocycles. The second-order valence-electron chi connectivity index (χ2n) is 3.21. The molecule has 0 spiro atoms. The Kier molecular flexibility index (Phi) is 4.45. The molecule has 1 rings (SSSR count). The molecule has 5 nitrogen and oxygen atoms in total. The summed E-state index contributed by atoms with van der Waals surface area (Å²) >= 11 is 0. The van der Waals surface area contributed by atoms with E-state index in [1.54, 1.807) is 20.4 Å². The number of aryl methyl sites for hydroxylation is 2. The smallest absolute Gasteiger partial charge is 0.173 e. The highest BCUT2D eigenvalue weighted by atomic mass is 16.7. The lowest BCUT2D eigenvalue weighted by molar-refractivity contribution is -0.0914. The van der Waals surface area contributed by atoms with Crippen molar-refractivity contribution in [3.63, 3.8) is 0 Å². The van der Waals surface area contributed by atoms with Crippen LogP contribution in [0, 0.1) is 13.8 Å². The van der Waals surface area contributed by atoms with Gasteiger partial charge >= 0.3 is 0 Å². The summed E-state index contributed by atoms with van der Waals surface area (Å²) in [7, 11) is 3.20. The molecular weight excluding hydrogens is 194 g/mol. The van der Waals surface area contributed by atoms with Gasteiger partial charge in [-0.25, -0.2) is 4.98 Å². The van der Waals surface area contributed by atoms with E-state index >= 15 is 0 Å². The molecule has 5 heteroatoms. The Labute approximate surface area is 89.8 Å². The summed E-state index contributed by atoms with van der Waals surface area (Å²) in [6.07, 6.45) is 1.43. The van der Waals surface area contributed by atoms with Crippen LogP contribution in [0.15, 0.2) is 6.20 Å². The largest absolute Gasteiger partial charge is 0.364 e. The average molecular weight is 211 g/mol. The van der Waals surface area contributed by atoms with E-state index in [9.17, 15) is 0 Å². The number of methoxy groups -OCH3 is 2. The number of ether oxygens (including phenoxy) is 2. The van der Waals surface area contributed by atoms with Gasteiger partial charge in [0.1, 0.15) is 5.82 Å². The minimum Gasteiger partial charge on any atom is -0.364 e. The number of rotatable bonds is 5. The summed E-state index contributed by atoms with van der Waals surface area (Å²) in [4.78, 5) is 8.53. The van der Waals surface area contributed by atoms with Gasteiger partial charge in [-0.2, -0.15) is 0 Å².